The van der Waals surface area contributed by atoms with E-state index >= 15 is 0 Å². The van der Waals surface area contributed by atoms with Crippen LogP contribution in [0.2, 0.25) is 0 Å². The first kappa shape index (κ1) is 11.6. The number of sulfone groups is 1. The van der Waals surface area contributed by atoms with Crippen LogP contribution >= 0.6 is 0 Å². The molecule has 1 radical (unpaired) electrons. The Bertz CT molecular complexity index is 220. The Labute approximate surface area is 72.8 Å². The average molecular weight is 193 g/mol. The highest BCUT2D eigenvalue weighted by atomic mass is 32.2. The first-order valence-electron chi connectivity index (χ1n) is 3.64. The van der Waals surface area contributed by atoms with Gasteiger partial charge in [0.15, 0.2) is 15.3 Å². The first-order chi connectivity index (χ1) is 5.54. The third-order valence-corrected chi connectivity index (χ3v) is 3.02. The minimum Gasteiger partial charge on any atom is -0.363 e. The SMILES string of the molecule is [CH2]C(OCC)S(=O)(=O)CCC=O. The van der Waals surface area contributed by atoms with E-state index in [1.165, 1.54) is 0 Å². The van der Waals surface area contributed by atoms with Gasteiger partial charge >= 0.3 is 0 Å². The first-order valence-corrected chi connectivity index (χ1v) is 5.36. The van der Waals surface area contributed by atoms with Crippen molar-refractivity contribution in [3.63, 3.8) is 0 Å². The molecule has 4 nitrogen and oxygen atoms in total. The van der Waals surface area contributed by atoms with Crippen molar-refractivity contribution in [3.8, 4) is 0 Å². The van der Waals surface area contributed by atoms with E-state index in [4.69, 9.17) is 4.74 Å². The number of carbonyl (C=O) groups is 1. The highest BCUT2D eigenvalue weighted by Gasteiger charge is 2.19. The van der Waals surface area contributed by atoms with Crippen molar-refractivity contribution in [2.24, 2.45) is 0 Å². The van der Waals surface area contributed by atoms with Crippen LogP contribution in [0.3, 0.4) is 0 Å². The predicted molar refractivity (Wildman–Crippen MR) is 45.2 cm³/mol. The summed E-state index contributed by atoms with van der Waals surface area (Å²) in [7, 11) is -3.35. The lowest BCUT2D eigenvalue weighted by atomic mass is 10.6. The van der Waals surface area contributed by atoms with Crippen LogP contribution in [-0.4, -0.2) is 32.5 Å². The largest absolute Gasteiger partial charge is 0.363 e. The quantitative estimate of drug-likeness (QED) is 0.565. The summed E-state index contributed by atoms with van der Waals surface area (Å²) in [4.78, 5) is 9.91. The molecule has 0 N–H and O–H groups in total. The lowest BCUT2D eigenvalue weighted by Gasteiger charge is -2.10. The van der Waals surface area contributed by atoms with E-state index < -0.39 is 15.3 Å². The molecule has 12 heavy (non-hydrogen) atoms. The fourth-order valence-corrected chi connectivity index (χ4v) is 1.66. The molecule has 1 unspecified atom stereocenters. The van der Waals surface area contributed by atoms with E-state index in [-0.39, 0.29) is 12.2 Å². The number of carbonyl (C=O) groups excluding carboxylic acids is 1. The number of aldehydes is 1. The third kappa shape index (κ3) is 3.82. The molecule has 0 spiro atoms. The molecule has 0 aromatic rings. The molecule has 0 aliphatic carbocycles. The highest BCUT2D eigenvalue weighted by molar-refractivity contribution is 7.91. The van der Waals surface area contributed by atoms with Gasteiger partial charge in [-0.05, 0) is 13.8 Å². The van der Waals surface area contributed by atoms with Crippen molar-refractivity contribution in [2.45, 2.75) is 18.8 Å². The summed E-state index contributed by atoms with van der Waals surface area (Å²) in [6, 6.07) is 0. The third-order valence-electron chi connectivity index (χ3n) is 1.27. The monoisotopic (exact) mass is 193 g/mol. The summed E-state index contributed by atoms with van der Waals surface area (Å²) in [6.07, 6.45) is 0.567. The summed E-state index contributed by atoms with van der Waals surface area (Å²) >= 11 is 0. The molecule has 0 aliphatic heterocycles. The summed E-state index contributed by atoms with van der Waals surface area (Å²) < 4.78 is 27.1. The average Bonchev–Trinajstić information content (AvgIpc) is 2.01. The lowest BCUT2D eigenvalue weighted by molar-refractivity contribution is -0.107. The molecule has 0 aromatic heterocycles. The lowest BCUT2D eigenvalue weighted by Crippen LogP contribution is -2.24. The molecule has 0 rings (SSSR count). The van der Waals surface area contributed by atoms with Crippen molar-refractivity contribution in [1.29, 1.82) is 0 Å². The second-order valence-electron chi connectivity index (χ2n) is 2.21. The second-order valence-corrected chi connectivity index (χ2v) is 4.47. The molecule has 5 heteroatoms. The van der Waals surface area contributed by atoms with E-state index in [9.17, 15) is 13.2 Å². The van der Waals surface area contributed by atoms with Crippen LogP contribution in [0.1, 0.15) is 13.3 Å². The van der Waals surface area contributed by atoms with E-state index in [1.807, 2.05) is 0 Å². The van der Waals surface area contributed by atoms with Gasteiger partial charge in [0.05, 0.1) is 5.75 Å². The van der Waals surface area contributed by atoms with Gasteiger partial charge in [0, 0.05) is 13.0 Å². The van der Waals surface area contributed by atoms with Gasteiger partial charge < -0.3 is 9.53 Å². The molecule has 0 amide bonds. The molecule has 0 fully saturated rings. The maximum Gasteiger partial charge on any atom is 0.177 e. The van der Waals surface area contributed by atoms with Gasteiger partial charge in [0.2, 0.25) is 0 Å². The summed E-state index contributed by atoms with van der Waals surface area (Å²) in [5, 5.41) is 0. The van der Waals surface area contributed by atoms with Gasteiger partial charge in [0.1, 0.15) is 6.29 Å². The van der Waals surface area contributed by atoms with E-state index in [0.29, 0.717) is 12.9 Å². The number of hydrogen-bond acceptors (Lipinski definition) is 4. The Morgan fingerprint density at radius 2 is 2.17 bits per heavy atom. The normalized spacial score (nSPS) is 14.2. The van der Waals surface area contributed by atoms with Crippen molar-refractivity contribution in [2.75, 3.05) is 12.4 Å². The van der Waals surface area contributed by atoms with Crippen LogP contribution in [-0.2, 0) is 19.4 Å². The molecular weight excluding hydrogens is 180 g/mol. The van der Waals surface area contributed by atoms with Crippen molar-refractivity contribution in [1.82, 2.24) is 0 Å². The fourth-order valence-electron chi connectivity index (χ4n) is 0.633. The zero-order valence-corrected chi connectivity index (χ0v) is 7.84. The standard InChI is InChI=1S/C7H13O4S/c1-3-11-7(2)12(9,10)6-4-5-8/h5,7H,2-4,6H2,1H3. The van der Waals surface area contributed by atoms with Crippen molar-refractivity contribution >= 4 is 16.1 Å². The topological polar surface area (TPSA) is 60.4 Å². The van der Waals surface area contributed by atoms with Crippen LogP contribution in [0.15, 0.2) is 0 Å². The van der Waals surface area contributed by atoms with Gasteiger partial charge in [-0.25, -0.2) is 8.42 Å². The van der Waals surface area contributed by atoms with E-state index in [0.717, 1.165) is 0 Å². The zero-order valence-electron chi connectivity index (χ0n) is 7.02. The predicted octanol–water partition coefficient (Wildman–Crippen LogP) is 0.187. The molecule has 71 valence electrons. The Morgan fingerprint density at radius 1 is 1.58 bits per heavy atom. The Kier molecular flexibility index (Phi) is 5.08. The smallest absolute Gasteiger partial charge is 0.177 e. The zero-order chi connectivity index (χ0) is 9.61. The summed E-state index contributed by atoms with van der Waals surface area (Å²) in [5.41, 5.74) is -1.05. The van der Waals surface area contributed by atoms with Crippen LogP contribution in [0.5, 0.6) is 0 Å². The summed E-state index contributed by atoms with van der Waals surface area (Å²) in [5.74, 6) is -0.190. The highest BCUT2D eigenvalue weighted by Crippen LogP contribution is 2.03. The minimum atomic E-state index is -3.35. The Balaban J connectivity index is 4.09. The molecule has 0 heterocycles. The Hall–Kier alpha value is -0.420. The van der Waals surface area contributed by atoms with Gasteiger partial charge in [-0.1, -0.05) is 0 Å². The van der Waals surface area contributed by atoms with Gasteiger partial charge in [-0.3, -0.25) is 0 Å². The second kappa shape index (κ2) is 5.27. The molecule has 0 aromatic carbocycles. The number of rotatable bonds is 6. The van der Waals surface area contributed by atoms with Crippen molar-refractivity contribution < 1.29 is 17.9 Å². The van der Waals surface area contributed by atoms with Crippen molar-refractivity contribution in [3.05, 3.63) is 6.92 Å². The maximum atomic E-state index is 11.1. The van der Waals surface area contributed by atoms with Crippen LogP contribution in [0.4, 0.5) is 0 Å². The van der Waals surface area contributed by atoms with E-state index in [2.05, 4.69) is 6.92 Å². The Morgan fingerprint density at radius 3 is 2.58 bits per heavy atom. The van der Waals surface area contributed by atoms with Crippen LogP contribution in [0.25, 0.3) is 0 Å². The molecule has 1 atom stereocenters. The van der Waals surface area contributed by atoms with Gasteiger partial charge in [-0.15, -0.1) is 0 Å². The molecule has 0 aliphatic rings. The molecule has 0 saturated carbocycles. The van der Waals surface area contributed by atoms with Crippen LogP contribution in [0, 0.1) is 6.92 Å². The number of hydrogen-bond donors (Lipinski definition) is 0. The molecular formula is C7H13O4S. The molecule has 0 saturated heterocycles. The van der Waals surface area contributed by atoms with Gasteiger partial charge in [0.25, 0.3) is 0 Å². The summed E-state index contributed by atoms with van der Waals surface area (Å²) in [6.45, 7) is 5.31. The molecule has 0 bridgehead atoms. The van der Waals surface area contributed by atoms with Crippen LogP contribution < -0.4 is 0 Å². The minimum absolute atomic E-state index is 0.00142. The van der Waals surface area contributed by atoms with Gasteiger partial charge in [-0.2, -0.15) is 0 Å². The van der Waals surface area contributed by atoms with E-state index in [1.54, 1.807) is 6.92 Å². The maximum absolute atomic E-state index is 11.1. The fraction of sp³-hybridized carbons (Fsp3) is 0.714. The number of ether oxygens (including phenoxy) is 1.